The topological polar surface area (TPSA) is 75.6 Å². The van der Waals surface area contributed by atoms with Gasteiger partial charge in [-0.1, -0.05) is 19.1 Å². The lowest BCUT2D eigenvalue weighted by molar-refractivity contribution is -0.141. The van der Waals surface area contributed by atoms with Crippen molar-refractivity contribution in [2.75, 3.05) is 18.5 Å². The van der Waals surface area contributed by atoms with Crippen LogP contribution < -0.4 is 5.32 Å². The van der Waals surface area contributed by atoms with E-state index in [-0.39, 0.29) is 5.91 Å². The van der Waals surface area contributed by atoms with Gasteiger partial charge in [-0.25, -0.2) is 0 Å². The monoisotopic (exact) mass is 293 g/mol. The van der Waals surface area contributed by atoms with Gasteiger partial charge in [0, 0.05) is 25.3 Å². The van der Waals surface area contributed by atoms with Crippen LogP contribution in [0.1, 0.15) is 32.3 Å². The minimum absolute atomic E-state index is 0.0404. The number of benzene rings is 1. The van der Waals surface area contributed by atoms with E-state index in [4.69, 9.17) is 9.84 Å². The van der Waals surface area contributed by atoms with Crippen molar-refractivity contribution in [1.82, 2.24) is 0 Å². The predicted octanol–water partition coefficient (Wildman–Crippen LogP) is 2.71. The summed E-state index contributed by atoms with van der Waals surface area (Å²) in [6.45, 7) is 4.86. The number of nitrogens with one attached hydrogen (secondary N) is 1. The third-order valence-electron chi connectivity index (χ3n) is 3.10. The fraction of sp³-hybridized carbons (Fsp3) is 0.500. The molecule has 2 N–H and O–H groups in total. The third kappa shape index (κ3) is 6.90. The Morgan fingerprint density at radius 3 is 2.52 bits per heavy atom. The number of carbonyl (C=O) groups is 2. The molecule has 0 aliphatic heterocycles. The molecule has 0 saturated heterocycles. The summed E-state index contributed by atoms with van der Waals surface area (Å²) in [5.41, 5.74) is 1.67. The zero-order valence-electron chi connectivity index (χ0n) is 12.6. The molecule has 0 spiro atoms. The lowest BCUT2D eigenvalue weighted by Crippen LogP contribution is -2.13. The Kier molecular flexibility index (Phi) is 7.46. The van der Waals surface area contributed by atoms with E-state index in [2.05, 4.69) is 5.32 Å². The molecule has 1 atom stereocenters. The quantitative estimate of drug-likeness (QED) is 0.686. The van der Waals surface area contributed by atoms with Gasteiger partial charge in [-0.2, -0.15) is 0 Å². The molecule has 0 fully saturated rings. The second kappa shape index (κ2) is 9.13. The lowest BCUT2D eigenvalue weighted by atomic mass is 10.0. The van der Waals surface area contributed by atoms with Crippen molar-refractivity contribution in [3.8, 4) is 0 Å². The summed E-state index contributed by atoms with van der Waals surface area (Å²) in [5, 5.41) is 11.7. The molecular formula is C16H23NO4. The van der Waals surface area contributed by atoms with E-state index in [1.807, 2.05) is 19.1 Å². The van der Waals surface area contributed by atoms with Crippen LogP contribution in [0.25, 0.3) is 0 Å². The van der Waals surface area contributed by atoms with E-state index in [1.54, 1.807) is 19.1 Å². The average Bonchev–Trinajstić information content (AvgIpc) is 2.45. The number of carbonyl (C=O) groups excluding carboxylic acids is 1. The van der Waals surface area contributed by atoms with Crippen molar-refractivity contribution >= 4 is 17.6 Å². The number of hydrogen-bond acceptors (Lipinski definition) is 3. The van der Waals surface area contributed by atoms with Crippen LogP contribution >= 0.6 is 0 Å². The largest absolute Gasteiger partial charge is 0.481 e. The summed E-state index contributed by atoms with van der Waals surface area (Å²) in [5.74, 6) is -1.26. The molecule has 1 amide bonds. The number of anilines is 1. The smallest absolute Gasteiger partial charge is 0.306 e. The van der Waals surface area contributed by atoms with Crippen molar-refractivity contribution in [2.24, 2.45) is 5.92 Å². The highest BCUT2D eigenvalue weighted by molar-refractivity contribution is 5.90. The van der Waals surface area contributed by atoms with Crippen LogP contribution in [-0.2, 0) is 20.7 Å². The molecule has 21 heavy (non-hydrogen) atoms. The zero-order valence-corrected chi connectivity index (χ0v) is 12.6. The van der Waals surface area contributed by atoms with Gasteiger partial charge < -0.3 is 15.2 Å². The molecular weight excluding hydrogens is 270 g/mol. The SMILES string of the molecule is CCOCCCC(=O)Nc1ccc(CC(C)C(=O)O)cc1. The van der Waals surface area contributed by atoms with Crippen LogP contribution in [0.3, 0.4) is 0 Å². The molecule has 1 unspecified atom stereocenters. The number of carboxylic acid groups (broad SMARTS) is 1. The first-order valence-electron chi connectivity index (χ1n) is 7.22. The maximum absolute atomic E-state index is 11.7. The average molecular weight is 293 g/mol. The van der Waals surface area contributed by atoms with E-state index >= 15 is 0 Å². The van der Waals surface area contributed by atoms with Crippen LogP contribution in [0.2, 0.25) is 0 Å². The van der Waals surface area contributed by atoms with Gasteiger partial charge in [0.1, 0.15) is 0 Å². The Hall–Kier alpha value is -1.88. The Morgan fingerprint density at radius 1 is 1.29 bits per heavy atom. The van der Waals surface area contributed by atoms with Crippen molar-refractivity contribution in [3.05, 3.63) is 29.8 Å². The predicted molar refractivity (Wildman–Crippen MR) is 81.3 cm³/mol. The molecule has 0 aromatic heterocycles. The van der Waals surface area contributed by atoms with Crippen LogP contribution in [0.4, 0.5) is 5.69 Å². The van der Waals surface area contributed by atoms with Gasteiger partial charge >= 0.3 is 5.97 Å². The summed E-state index contributed by atoms with van der Waals surface area (Å²) < 4.78 is 5.18. The first-order chi connectivity index (χ1) is 10.0. The number of amides is 1. The molecule has 0 radical (unpaired) electrons. The van der Waals surface area contributed by atoms with Crippen LogP contribution in [0.15, 0.2) is 24.3 Å². The molecule has 1 aromatic carbocycles. The fourth-order valence-electron chi connectivity index (χ4n) is 1.87. The van der Waals surface area contributed by atoms with Gasteiger partial charge in [0.05, 0.1) is 5.92 Å². The zero-order chi connectivity index (χ0) is 15.7. The molecule has 5 nitrogen and oxygen atoms in total. The van der Waals surface area contributed by atoms with Crippen LogP contribution in [-0.4, -0.2) is 30.2 Å². The van der Waals surface area contributed by atoms with E-state index in [1.165, 1.54) is 0 Å². The van der Waals surface area contributed by atoms with E-state index < -0.39 is 11.9 Å². The van der Waals surface area contributed by atoms with Crippen molar-refractivity contribution in [3.63, 3.8) is 0 Å². The van der Waals surface area contributed by atoms with Gasteiger partial charge in [-0.3, -0.25) is 9.59 Å². The van der Waals surface area contributed by atoms with E-state index in [0.717, 1.165) is 11.3 Å². The number of aliphatic carboxylic acids is 1. The first kappa shape index (κ1) is 17.2. The molecule has 0 saturated carbocycles. The highest BCUT2D eigenvalue weighted by Crippen LogP contribution is 2.14. The highest BCUT2D eigenvalue weighted by Gasteiger charge is 2.11. The highest BCUT2D eigenvalue weighted by atomic mass is 16.5. The normalized spacial score (nSPS) is 11.9. The molecule has 0 aliphatic carbocycles. The Labute approximate surface area is 125 Å². The van der Waals surface area contributed by atoms with Crippen LogP contribution in [0, 0.1) is 5.92 Å². The minimum Gasteiger partial charge on any atom is -0.481 e. The van der Waals surface area contributed by atoms with Crippen LogP contribution in [0.5, 0.6) is 0 Å². The van der Waals surface area contributed by atoms with E-state index in [9.17, 15) is 9.59 Å². The molecule has 1 aromatic rings. The third-order valence-corrected chi connectivity index (χ3v) is 3.10. The molecule has 116 valence electrons. The molecule has 0 bridgehead atoms. The number of ether oxygens (including phenoxy) is 1. The van der Waals surface area contributed by atoms with E-state index in [0.29, 0.717) is 32.5 Å². The molecule has 1 rings (SSSR count). The summed E-state index contributed by atoms with van der Waals surface area (Å²) in [4.78, 5) is 22.5. The first-order valence-corrected chi connectivity index (χ1v) is 7.22. The number of rotatable bonds is 9. The Morgan fingerprint density at radius 2 is 1.95 bits per heavy atom. The fourth-order valence-corrected chi connectivity index (χ4v) is 1.87. The maximum atomic E-state index is 11.7. The minimum atomic E-state index is -0.804. The Balaban J connectivity index is 2.40. The van der Waals surface area contributed by atoms with Gasteiger partial charge in [-0.05, 0) is 37.5 Å². The second-order valence-corrected chi connectivity index (χ2v) is 4.99. The molecule has 5 heteroatoms. The van der Waals surface area contributed by atoms with Gasteiger partial charge in [0.2, 0.25) is 5.91 Å². The number of carboxylic acids is 1. The van der Waals surface area contributed by atoms with Gasteiger partial charge in [0.15, 0.2) is 0 Å². The summed E-state index contributed by atoms with van der Waals surface area (Å²) >= 11 is 0. The lowest BCUT2D eigenvalue weighted by Gasteiger charge is -2.08. The summed E-state index contributed by atoms with van der Waals surface area (Å²) in [7, 11) is 0. The Bertz CT molecular complexity index is 456. The number of hydrogen-bond donors (Lipinski definition) is 2. The molecule has 0 aliphatic rings. The second-order valence-electron chi connectivity index (χ2n) is 4.99. The maximum Gasteiger partial charge on any atom is 0.306 e. The van der Waals surface area contributed by atoms with Gasteiger partial charge in [0.25, 0.3) is 0 Å². The molecule has 0 heterocycles. The van der Waals surface area contributed by atoms with Crippen molar-refractivity contribution in [1.29, 1.82) is 0 Å². The van der Waals surface area contributed by atoms with Crippen molar-refractivity contribution in [2.45, 2.75) is 33.1 Å². The van der Waals surface area contributed by atoms with Crippen molar-refractivity contribution < 1.29 is 19.4 Å². The summed E-state index contributed by atoms with van der Waals surface area (Å²) in [6, 6.07) is 7.28. The summed E-state index contributed by atoms with van der Waals surface area (Å²) in [6.07, 6.45) is 1.61. The van der Waals surface area contributed by atoms with Gasteiger partial charge in [-0.15, -0.1) is 0 Å². The standard InChI is InChI=1S/C16H23NO4/c1-3-21-10-4-5-15(18)17-14-8-6-13(7-9-14)11-12(2)16(19)20/h6-9,12H,3-5,10-11H2,1-2H3,(H,17,18)(H,19,20).